The van der Waals surface area contributed by atoms with Crippen molar-refractivity contribution >= 4 is 17.6 Å². The van der Waals surface area contributed by atoms with E-state index in [4.69, 9.17) is 10.00 Å². The average Bonchev–Trinajstić information content (AvgIpc) is 2.77. The van der Waals surface area contributed by atoms with Gasteiger partial charge in [-0.1, -0.05) is 30.3 Å². The molecule has 1 atom stereocenters. The van der Waals surface area contributed by atoms with E-state index in [0.29, 0.717) is 24.4 Å². The van der Waals surface area contributed by atoms with E-state index >= 15 is 0 Å². The molecule has 7 heteroatoms. The molecule has 0 saturated heterocycles. The summed E-state index contributed by atoms with van der Waals surface area (Å²) in [5.74, 6) is -0.103. The van der Waals surface area contributed by atoms with Gasteiger partial charge in [0.05, 0.1) is 24.3 Å². The summed E-state index contributed by atoms with van der Waals surface area (Å²) >= 11 is 0. The third-order valence-electron chi connectivity index (χ3n) is 5.34. The zero-order valence-electron chi connectivity index (χ0n) is 17.3. The van der Waals surface area contributed by atoms with Crippen molar-refractivity contribution in [2.24, 2.45) is 0 Å². The Morgan fingerprint density at radius 1 is 1.27 bits per heavy atom. The van der Waals surface area contributed by atoms with Gasteiger partial charge in [0.2, 0.25) is 5.91 Å². The monoisotopic (exact) mass is 406 g/mol. The largest absolute Gasteiger partial charge is 0.383 e. The first kappa shape index (κ1) is 21.3. The fourth-order valence-corrected chi connectivity index (χ4v) is 3.69. The Balaban J connectivity index is 1.70. The van der Waals surface area contributed by atoms with Crippen LogP contribution in [0.1, 0.15) is 29.7 Å². The van der Waals surface area contributed by atoms with Crippen molar-refractivity contribution in [2.75, 3.05) is 38.7 Å². The lowest BCUT2D eigenvalue weighted by molar-refractivity contribution is -0.134. The molecule has 2 aromatic carbocycles. The van der Waals surface area contributed by atoms with Gasteiger partial charge in [-0.05, 0) is 42.7 Å². The van der Waals surface area contributed by atoms with Crippen LogP contribution in [-0.2, 0) is 16.0 Å². The fourth-order valence-electron chi connectivity index (χ4n) is 3.69. The second-order valence-corrected chi connectivity index (χ2v) is 7.25. The number of nitriles is 1. The van der Waals surface area contributed by atoms with Gasteiger partial charge >= 0.3 is 6.03 Å². The zero-order valence-corrected chi connectivity index (χ0v) is 17.3. The topological polar surface area (TPSA) is 85.7 Å². The highest BCUT2D eigenvalue weighted by Crippen LogP contribution is 2.29. The van der Waals surface area contributed by atoms with Crippen molar-refractivity contribution in [2.45, 2.75) is 19.4 Å². The first-order valence-corrected chi connectivity index (χ1v) is 9.95. The average molecular weight is 406 g/mol. The number of carbonyl (C=O) groups excluding carboxylic acids is 2. The third kappa shape index (κ3) is 4.97. The summed E-state index contributed by atoms with van der Waals surface area (Å²) in [6.07, 6.45) is 0.803. The van der Waals surface area contributed by atoms with Gasteiger partial charge in [-0.2, -0.15) is 5.26 Å². The number of rotatable bonds is 6. The van der Waals surface area contributed by atoms with Gasteiger partial charge in [-0.15, -0.1) is 0 Å². The number of urea groups is 1. The Labute approximate surface area is 176 Å². The highest BCUT2D eigenvalue weighted by Gasteiger charge is 2.29. The first-order valence-electron chi connectivity index (χ1n) is 9.95. The van der Waals surface area contributed by atoms with Gasteiger partial charge in [0.1, 0.15) is 6.54 Å². The molecule has 0 radical (unpaired) electrons. The Hall–Kier alpha value is -3.37. The van der Waals surface area contributed by atoms with Crippen LogP contribution < -0.4 is 5.32 Å². The maximum atomic E-state index is 13.1. The summed E-state index contributed by atoms with van der Waals surface area (Å²) in [6.45, 7) is 3.20. The molecule has 0 spiro atoms. The van der Waals surface area contributed by atoms with Gasteiger partial charge in [0.25, 0.3) is 0 Å². The van der Waals surface area contributed by atoms with E-state index in [1.165, 1.54) is 10.5 Å². The predicted octanol–water partition coefficient (Wildman–Crippen LogP) is 3.18. The maximum absolute atomic E-state index is 13.1. The number of carbonyl (C=O) groups is 2. The van der Waals surface area contributed by atoms with E-state index in [1.807, 2.05) is 30.0 Å². The van der Waals surface area contributed by atoms with Crippen LogP contribution in [0.2, 0.25) is 0 Å². The highest BCUT2D eigenvalue weighted by atomic mass is 16.5. The number of methoxy groups -OCH3 is 1. The van der Waals surface area contributed by atoms with Crippen LogP contribution >= 0.6 is 0 Å². The van der Waals surface area contributed by atoms with Crippen molar-refractivity contribution < 1.29 is 14.3 Å². The van der Waals surface area contributed by atoms with Gasteiger partial charge in [0.15, 0.2) is 0 Å². The molecule has 156 valence electrons. The smallest absolute Gasteiger partial charge is 0.322 e. The number of ether oxygens (including phenoxy) is 1. The molecule has 1 heterocycles. The SMILES string of the molecule is COCCN(CC(=O)N1CCc2ccccc2C1C)C(=O)Nc1cccc(C#N)c1. The normalized spacial score (nSPS) is 15.1. The number of benzene rings is 2. The highest BCUT2D eigenvalue weighted by molar-refractivity contribution is 5.92. The van der Waals surface area contributed by atoms with Crippen LogP contribution in [0, 0.1) is 11.3 Å². The third-order valence-corrected chi connectivity index (χ3v) is 5.34. The van der Waals surface area contributed by atoms with Crippen LogP contribution in [0.4, 0.5) is 10.5 Å². The molecule has 30 heavy (non-hydrogen) atoms. The molecule has 0 bridgehead atoms. The summed E-state index contributed by atoms with van der Waals surface area (Å²) < 4.78 is 5.11. The number of hydrogen-bond acceptors (Lipinski definition) is 4. The summed E-state index contributed by atoms with van der Waals surface area (Å²) in [6, 6.07) is 16.4. The minimum absolute atomic E-state index is 0.0397. The van der Waals surface area contributed by atoms with Gasteiger partial charge in [-0.3, -0.25) is 4.79 Å². The van der Waals surface area contributed by atoms with Crippen molar-refractivity contribution in [3.05, 3.63) is 65.2 Å². The number of fused-ring (bicyclic) bond motifs is 1. The van der Waals surface area contributed by atoms with E-state index in [2.05, 4.69) is 17.4 Å². The quantitative estimate of drug-likeness (QED) is 0.798. The van der Waals surface area contributed by atoms with Crippen LogP contribution in [-0.4, -0.2) is 55.1 Å². The lowest BCUT2D eigenvalue weighted by Gasteiger charge is -2.36. The van der Waals surface area contributed by atoms with Gasteiger partial charge in [-0.25, -0.2) is 4.79 Å². The van der Waals surface area contributed by atoms with E-state index in [0.717, 1.165) is 12.0 Å². The Morgan fingerprint density at radius 2 is 2.07 bits per heavy atom. The molecule has 1 aliphatic heterocycles. The lowest BCUT2D eigenvalue weighted by Crippen LogP contribution is -2.48. The molecule has 3 rings (SSSR count). The molecule has 2 aromatic rings. The number of nitrogens with one attached hydrogen (secondary N) is 1. The van der Waals surface area contributed by atoms with Crippen molar-refractivity contribution in [3.63, 3.8) is 0 Å². The number of hydrogen-bond donors (Lipinski definition) is 1. The summed E-state index contributed by atoms with van der Waals surface area (Å²) in [5, 5.41) is 11.8. The maximum Gasteiger partial charge on any atom is 0.322 e. The van der Waals surface area contributed by atoms with E-state index in [-0.39, 0.29) is 25.0 Å². The van der Waals surface area contributed by atoms with Crippen molar-refractivity contribution in [1.82, 2.24) is 9.80 Å². The van der Waals surface area contributed by atoms with Crippen molar-refractivity contribution in [3.8, 4) is 6.07 Å². The standard InChI is InChI=1S/C23H26N4O3/c1-17-21-9-4-3-7-19(21)10-11-27(17)22(28)16-26(12-13-30-2)23(29)25-20-8-5-6-18(14-20)15-24/h3-9,14,17H,10-13,16H2,1-2H3,(H,25,29). The summed E-state index contributed by atoms with van der Waals surface area (Å²) in [7, 11) is 1.55. The van der Waals surface area contributed by atoms with Gasteiger partial charge in [0, 0.05) is 25.9 Å². The van der Waals surface area contributed by atoms with Crippen LogP contribution in [0.3, 0.4) is 0 Å². The predicted molar refractivity (Wildman–Crippen MR) is 114 cm³/mol. The molecule has 0 aliphatic carbocycles. The molecule has 1 unspecified atom stereocenters. The number of nitrogens with zero attached hydrogens (tertiary/aromatic N) is 3. The Kier molecular flexibility index (Phi) is 7.04. The molecule has 1 aliphatic rings. The molecule has 0 saturated carbocycles. The fraction of sp³-hybridized carbons (Fsp3) is 0.348. The van der Waals surface area contributed by atoms with E-state index < -0.39 is 6.03 Å². The Morgan fingerprint density at radius 3 is 2.83 bits per heavy atom. The molecular weight excluding hydrogens is 380 g/mol. The number of amides is 3. The second-order valence-electron chi connectivity index (χ2n) is 7.25. The Bertz CT molecular complexity index is 953. The first-order chi connectivity index (χ1) is 14.5. The van der Waals surface area contributed by atoms with Crippen LogP contribution in [0.5, 0.6) is 0 Å². The van der Waals surface area contributed by atoms with Crippen molar-refractivity contribution in [1.29, 1.82) is 5.26 Å². The number of anilines is 1. The van der Waals surface area contributed by atoms with E-state index in [1.54, 1.807) is 31.4 Å². The zero-order chi connectivity index (χ0) is 21.5. The molecule has 1 N–H and O–H groups in total. The molecule has 0 aromatic heterocycles. The van der Waals surface area contributed by atoms with Gasteiger partial charge < -0.3 is 19.9 Å². The van der Waals surface area contributed by atoms with E-state index in [9.17, 15) is 9.59 Å². The minimum atomic E-state index is -0.402. The molecule has 7 nitrogen and oxygen atoms in total. The molecule has 3 amide bonds. The molecular formula is C23H26N4O3. The molecule has 0 fully saturated rings. The summed E-state index contributed by atoms with van der Waals surface area (Å²) in [4.78, 5) is 29.2. The minimum Gasteiger partial charge on any atom is -0.383 e. The lowest BCUT2D eigenvalue weighted by atomic mass is 9.93. The summed E-state index contributed by atoms with van der Waals surface area (Å²) in [5.41, 5.74) is 3.38. The second kappa shape index (κ2) is 9.90. The van der Waals surface area contributed by atoms with Crippen LogP contribution in [0.15, 0.2) is 48.5 Å². The van der Waals surface area contributed by atoms with Crippen LogP contribution in [0.25, 0.3) is 0 Å².